The van der Waals surface area contributed by atoms with Gasteiger partial charge in [0.05, 0.1) is 7.11 Å². The molecule has 0 saturated carbocycles. The Labute approximate surface area is 91.8 Å². The molecule has 1 heterocycles. The molecule has 0 unspecified atom stereocenters. The third kappa shape index (κ3) is 2.98. The zero-order chi connectivity index (χ0) is 12.0. The second kappa shape index (κ2) is 5.75. The van der Waals surface area contributed by atoms with E-state index in [-0.39, 0.29) is 12.0 Å². The molecule has 4 nitrogen and oxygen atoms in total. The van der Waals surface area contributed by atoms with E-state index in [1.54, 1.807) is 12.2 Å². The summed E-state index contributed by atoms with van der Waals surface area (Å²) in [4.78, 5) is 24.6. The first-order valence-corrected chi connectivity index (χ1v) is 4.53. The van der Waals surface area contributed by atoms with Crippen molar-refractivity contribution in [3.8, 4) is 0 Å². The van der Waals surface area contributed by atoms with Gasteiger partial charge in [-0.2, -0.15) is 4.39 Å². The number of esters is 1. The molecule has 0 bridgehead atoms. The molecule has 0 saturated heterocycles. The molecular formula is C11H10FNO3. The lowest BCUT2D eigenvalue weighted by atomic mass is 10.2. The molecule has 0 atom stereocenters. The van der Waals surface area contributed by atoms with Crippen LogP contribution in [0, 0.1) is 5.95 Å². The maximum atomic E-state index is 13.1. The quantitative estimate of drug-likeness (QED) is 0.442. The lowest BCUT2D eigenvalue weighted by Crippen LogP contribution is -2.06. The first-order valence-electron chi connectivity index (χ1n) is 4.53. The first-order chi connectivity index (χ1) is 7.69. The van der Waals surface area contributed by atoms with E-state index in [1.807, 2.05) is 0 Å². The van der Waals surface area contributed by atoms with Gasteiger partial charge in [-0.1, -0.05) is 12.2 Å². The number of pyridine rings is 1. The summed E-state index contributed by atoms with van der Waals surface area (Å²) in [6.07, 6.45) is 5.42. The van der Waals surface area contributed by atoms with E-state index in [2.05, 4.69) is 9.72 Å². The summed E-state index contributed by atoms with van der Waals surface area (Å²) < 4.78 is 17.5. The topological polar surface area (TPSA) is 56.3 Å². The number of nitrogens with zero attached hydrogens (tertiary/aromatic N) is 1. The molecule has 0 N–H and O–H groups in total. The second-order valence-electron chi connectivity index (χ2n) is 2.90. The van der Waals surface area contributed by atoms with Crippen LogP contribution in [0.25, 0.3) is 6.08 Å². The largest absolute Gasteiger partial charge is 0.465 e. The second-order valence-corrected chi connectivity index (χ2v) is 2.90. The molecule has 0 fully saturated rings. The van der Waals surface area contributed by atoms with Gasteiger partial charge in [0.15, 0.2) is 0 Å². The van der Waals surface area contributed by atoms with Crippen LogP contribution in [0.5, 0.6) is 0 Å². The van der Waals surface area contributed by atoms with Crippen LogP contribution in [0.3, 0.4) is 0 Å². The number of aromatic nitrogens is 1. The molecule has 0 amide bonds. The van der Waals surface area contributed by atoms with Crippen LogP contribution in [-0.2, 0) is 9.53 Å². The van der Waals surface area contributed by atoms with Crippen molar-refractivity contribution in [1.82, 2.24) is 4.98 Å². The maximum Gasteiger partial charge on any atom is 0.342 e. The van der Waals surface area contributed by atoms with E-state index < -0.39 is 11.9 Å². The predicted octanol–water partition coefficient (Wildman–Crippen LogP) is 1.61. The van der Waals surface area contributed by atoms with Gasteiger partial charge < -0.3 is 9.53 Å². The molecule has 5 heteroatoms. The zero-order valence-electron chi connectivity index (χ0n) is 8.64. The summed E-state index contributed by atoms with van der Waals surface area (Å²) in [5.74, 6) is -1.66. The number of hydrogen-bond donors (Lipinski definition) is 0. The van der Waals surface area contributed by atoms with Crippen molar-refractivity contribution in [2.45, 2.75) is 6.42 Å². The summed E-state index contributed by atoms with van der Waals surface area (Å²) in [5, 5.41) is 0. The number of aldehydes is 1. The average molecular weight is 223 g/mol. The third-order valence-corrected chi connectivity index (χ3v) is 1.81. The zero-order valence-corrected chi connectivity index (χ0v) is 8.64. The monoisotopic (exact) mass is 223 g/mol. The Balaban J connectivity index is 2.97. The van der Waals surface area contributed by atoms with Crippen molar-refractivity contribution in [3.63, 3.8) is 0 Å². The Morgan fingerprint density at radius 3 is 3.00 bits per heavy atom. The molecule has 0 radical (unpaired) electrons. The minimum absolute atomic E-state index is 0.226. The van der Waals surface area contributed by atoms with E-state index in [9.17, 15) is 14.0 Å². The summed E-state index contributed by atoms with van der Waals surface area (Å²) in [7, 11) is 1.16. The lowest BCUT2D eigenvalue weighted by Gasteiger charge is -2.01. The van der Waals surface area contributed by atoms with E-state index in [1.165, 1.54) is 12.3 Å². The number of halogens is 1. The standard InChI is InChI=1S/C11H10FNO3/c1-16-11(15)9-6-8(4-2-3-5-14)7-13-10(9)12/h2,4-7H,3H2,1H3. The number of allylic oxidation sites excluding steroid dienone is 1. The molecule has 0 aliphatic carbocycles. The van der Waals surface area contributed by atoms with E-state index in [4.69, 9.17) is 0 Å². The van der Waals surface area contributed by atoms with Gasteiger partial charge >= 0.3 is 5.97 Å². The Bertz CT molecular complexity index is 429. The fourth-order valence-electron chi connectivity index (χ4n) is 1.07. The molecule has 0 aromatic carbocycles. The van der Waals surface area contributed by atoms with Crippen molar-refractivity contribution in [2.75, 3.05) is 7.11 Å². The normalized spacial score (nSPS) is 10.4. The molecule has 1 aromatic rings. The lowest BCUT2D eigenvalue weighted by molar-refractivity contribution is -0.107. The van der Waals surface area contributed by atoms with Crippen molar-refractivity contribution < 1.29 is 18.7 Å². The van der Waals surface area contributed by atoms with Gasteiger partial charge in [-0.25, -0.2) is 9.78 Å². The molecule has 0 aliphatic heterocycles. The van der Waals surface area contributed by atoms with Crippen molar-refractivity contribution in [1.29, 1.82) is 0 Å². The van der Waals surface area contributed by atoms with Crippen LogP contribution in [0.2, 0.25) is 0 Å². The number of carbonyl (C=O) groups excluding carboxylic acids is 2. The molecule has 1 rings (SSSR count). The van der Waals surface area contributed by atoms with Crippen LogP contribution in [0.1, 0.15) is 22.3 Å². The van der Waals surface area contributed by atoms with Gasteiger partial charge in [-0.15, -0.1) is 0 Å². The highest BCUT2D eigenvalue weighted by Gasteiger charge is 2.13. The van der Waals surface area contributed by atoms with Crippen LogP contribution < -0.4 is 0 Å². The Kier molecular flexibility index (Phi) is 4.32. The molecule has 0 aliphatic rings. The minimum atomic E-state index is -0.876. The number of rotatable bonds is 4. The van der Waals surface area contributed by atoms with Crippen LogP contribution in [-0.4, -0.2) is 24.3 Å². The number of ether oxygens (including phenoxy) is 1. The van der Waals surface area contributed by atoms with Gasteiger partial charge in [-0.3, -0.25) is 0 Å². The van der Waals surface area contributed by atoms with E-state index >= 15 is 0 Å². The van der Waals surface area contributed by atoms with E-state index in [0.29, 0.717) is 5.56 Å². The molecule has 16 heavy (non-hydrogen) atoms. The number of carbonyl (C=O) groups is 2. The van der Waals surface area contributed by atoms with Crippen LogP contribution in [0.4, 0.5) is 4.39 Å². The Morgan fingerprint density at radius 1 is 1.62 bits per heavy atom. The van der Waals surface area contributed by atoms with Crippen molar-refractivity contribution in [2.24, 2.45) is 0 Å². The number of methoxy groups -OCH3 is 1. The predicted molar refractivity (Wildman–Crippen MR) is 55.2 cm³/mol. The van der Waals surface area contributed by atoms with Crippen LogP contribution in [0.15, 0.2) is 18.3 Å². The van der Waals surface area contributed by atoms with Crippen LogP contribution >= 0.6 is 0 Å². The van der Waals surface area contributed by atoms with Crippen molar-refractivity contribution >= 4 is 18.3 Å². The molecule has 84 valence electrons. The summed E-state index contributed by atoms with van der Waals surface area (Å²) >= 11 is 0. The third-order valence-electron chi connectivity index (χ3n) is 1.81. The van der Waals surface area contributed by atoms with Gasteiger partial charge in [0, 0.05) is 12.6 Å². The van der Waals surface area contributed by atoms with Gasteiger partial charge in [0.2, 0.25) is 5.95 Å². The molecular weight excluding hydrogens is 213 g/mol. The van der Waals surface area contributed by atoms with Gasteiger partial charge in [0.25, 0.3) is 0 Å². The highest BCUT2D eigenvalue weighted by atomic mass is 19.1. The Hall–Kier alpha value is -2.04. The smallest absolute Gasteiger partial charge is 0.342 e. The fourth-order valence-corrected chi connectivity index (χ4v) is 1.07. The summed E-state index contributed by atoms with van der Waals surface area (Å²) in [6.45, 7) is 0. The first kappa shape index (κ1) is 12.0. The van der Waals surface area contributed by atoms with Gasteiger partial charge in [0.1, 0.15) is 11.8 Å². The van der Waals surface area contributed by atoms with Gasteiger partial charge in [-0.05, 0) is 11.6 Å². The SMILES string of the molecule is COC(=O)c1cc(C=CCC=O)cnc1F. The average Bonchev–Trinajstić information content (AvgIpc) is 2.30. The summed E-state index contributed by atoms with van der Waals surface area (Å²) in [6, 6.07) is 1.31. The summed E-state index contributed by atoms with van der Waals surface area (Å²) in [5.41, 5.74) is 0.305. The van der Waals surface area contributed by atoms with E-state index in [0.717, 1.165) is 13.4 Å². The number of hydrogen-bond acceptors (Lipinski definition) is 4. The molecule has 0 spiro atoms. The molecule has 1 aromatic heterocycles. The fraction of sp³-hybridized carbons (Fsp3) is 0.182. The maximum absolute atomic E-state index is 13.1. The minimum Gasteiger partial charge on any atom is -0.465 e. The Morgan fingerprint density at radius 2 is 2.38 bits per heavy atom. The van der Waals surface area contributed by atoms with Crippen molar-refractivity contribution in [3.05, 3.63) is 35.4 Å². The highest BCUT2D eigenvalue weighted by molar-refractivity contribution is 5.89. The highest BCUT2D eigenvalue weighted by Crippen LogP contribution is 2.10.